The maximum absolute atomic E-state index is 13.1. The van der Waals surface area contributed by atoms with Gasteiger partial charge in [0.15, 0.2) is 0 Å². The van der Waals surface area contributed by atoms with Gasteiger partial charge in [0.25, 0.3) is 5.91 Å². The Labute approximate surface area is 167 Å². The normalized spacial score (nSPS) is 11.9. The van der Waals surface area contributed by atoms with Crippen LogP contribution < -0.4 is 0 Å². The fourth-order valence-electron chi connectivity index (χ4n) is 2.99. The molecule has 0 N–H and O–H groups in total. The number of aromatic nitrogens is 1. The van der Waals surface area contributed by atoms with E-state index in [2.05, 4.69) is 0 Å². The van der Waals surface area contributed by atoms with Crippen molar-refractivity contribution in [2.24, 2.45) is 7.05 Å². The molecule has 1 heterocycles. The van der Waals surface area contributed by atoms with Crippen LogP contribution in [0.15, 0.2) is 48.7 Å². The summed E-state index contributed by atoms with van der Waals surface area (Å²) in [6, 6.07) is 13.0. The highest BCUT2D eigenvalue weighted by Crippen LogP contribution is 2.13. The Morgan fingerprint density at radius 3 is 2.43 bits per heavy atom. The molecule has 0 saturated heterocycles. The van der Waals surface area contributed by atoms with Crippen LogP contribution in [0.3, 0.4) is 0 Å². The van der Waals surface area contributed by atoms with E-state index in [-0.39, 0.29) is 24.4 Å². The van der Waals surface area contributed by atoms with Crippen LogP contribution in [0.5, 0.6) is 0 Å². The van der Waals surface area contributed by atoms with Gasteiger partial charge in [-0.3, -0.25) is 9.59 Å². The van der Waals surface area contributed by atoms with E-state index in [1.165, 1.54) is 0 Å². The number of rotatable bonds is 10. The van der Waals surface area contributed by atoms with Crippen molar-refractivity contribution < 1.29 is 14.3 Å². The summed E-state index contributed by atoms with van der Waals surface area (Å²) in [5.41, 5.74) is 1.63. The molecule has 2 amide bonds. The van der Waals surface area contributed by atoms with Crippen molar-refractivity contribution in [3.05, 3.63) is 59.9 Å². The summed E-state index contributed by atoms with van der Waals surface area (Å²) in [4.78, 5) is 29.6. The molecular weight excluding hydrogens is 354 g/mol. The van der Waals surface area contributed by atoms with Gasteiger partial charge in [-0.25, -0.2) is 0 Å². The van der Waals surface area contributed by atoms with Gasteiger partial charge in [0.2, 0.25) is 5.91 Å². The molecule has 1 unspecified atom stereocenters. The summed E-state index contributed by atoms with van der Waals surface area (Å²) in [7, 11) is 3.58. The number of amides is 2. The third-order valence-electron chi connectivity index (χ3n) is 5.03. The lowest BCUT2D eigenvalue weighted by Gasteiger charge is -2.31. The predicted molar refractivity (Wildman–Crippen MR) is 110 cm³/mol. The Morgan fingerprint density at radius 2 is 1.86 bits per heavy atom. The van der Waals surface area contributed by atoms with Gasteiger partial charge in [-0.05, 0) is 37.6 Å². The number of benzene rings is 1. The van der Waals surface area contributed by atoms with Gasteiger partial charge in [-0.2, -0.15) is 0 Å². The molecule has 28 heavy (non-hydrogen) atoms. The molecule has 6 nitrogen and oxygen atoms in total. The molecule has 0 aliphatic carbocycles. The zero-order valence-corrected chi connectivity index (χ0v) is 17.3. The van der Waals surface area contributed by atoms with Crippen molar-refractivity contribution in [3.63, 3.8) is 0 Å². The molecule has 0 radical (unpaired) electrons. The molecule has 0 bridgehead atoms. The monoisotopic (exact) mass is 385 g/mol. The zero-order chi connectivity index (χ0) is 20.5. The first-order valence-corrected chi connectivity index (χ1v) is 9.70. The molecule has 0 aliphatic rings. The van der Waals surface area contributed by atoms with Crippen molar-refractivity contribution in [1.82, 2.24) is 14.4 Å². The fourth-order valence-corrected chi connectivity index (χ4v) is 2.99. The van der Waals surface area contributed by atoms with E-state index in [1.54, 1.807) is 29.0 Å². The van der Waals surface area contributed by atoms with Crippen LogP contribution in [-0.4, -0.2) is 59.0 Å². The summed E-state index contributed by atoms with van der Waals surface area (Å²) in [5.74, 6) is -0.198. The number of carbonyl (C=O) groups is 2. The third kappa shape index (κ3) is 5.70. The van der Waals surface area contributed by atoms with Crippen LogP contribution in [0.1, 0.15) is 36.3 Å². The van der Waals surface area contributed by atoms with Gasteiger partial charge >= 0.3 is 0 Å². The van der Waals surface area contributed by atoms with Crippen molar-refractivity contribution in [2.45, 2.75) is 32.9 Å². The second-order valence-corrected chi connectivity index (χ2v) is 6.97. The van der Waals surface area contributed by atoms with Crippen LogP contribution in [-0.2, 0) is 23.1 Å². The van der Waals surface area contributed by atoms with Gasteiger partial charge in [-0.15, -0.1) is 0 Å². The number of carbonyl (C=O) groups excluding carboxylic acids is 2. The average Bonchev–Trinajstić information content (AvgIpc) is 3.13. The Hall–Kier alpha value is -2.60. The Kier molecular flexibility index (Phi) is 8.26. The van der Waals surface area contributed by atoms with E-state index < -0.39 is 0 Å². The van der Waals surface area contributed by atoms with Crippen molar-refractivity contribution in [2.75, 3.05) is 26.8 Å². The highest BCUT2D eigenvalue weighted by Gasteiger charge is 2.25. The van der Waals surface area contributed by atoms with Gasteiger partial charge in [0.05, 0.1) is 13.2 Å². The van der Waals surface area contributed by atoms with E-state index in [0.717, 1.165) is 12.1 Å². The molecule has 0 aliphatic heterocycles. The molecule has 0 saturated carbocycles. The average molecular weight is 386 g/mol. The van der Waals surface area contributed by atoms with Crippen molar-refractivity contribution >= 4 is 11.8 Å². The maximum Gasteiger partial charge on any atom is 0.254 e. The van der Waals surface area contributed by atoms with Crippen molar-refractivity contribution in [1.29, 1.82) is 0 Å². The first-order chi connectivity index (χ1) is 13.5. The Morgan fingerprint density at radius 1 is 1.14 bits per heavy atom. The molecule has 0 fully saturated rings. The third-order valence-corrected chi connectivity index (χ3v) is 5.03. The van der Waals surface area contributed by atoms with Gasteiger partial charge in [0, 0.05) is 44.2 Å². The summed E-state index contributed by atoms with van der Waals surface area (Å²) in [6.45, 7) is 5.47. The molecule has 1 atom stereocenters. The minimum absolute atomic E-state index is 0.0315. The molecule has 2 rings (SSSR count). The number of ether oxygens (including phenoxy) is 1. The van der Waals surface area contributed by atoms with E-state index in [9.17, 15) is 9.59 Å². The van der Waals surface area contributed by atoms with E-state index in [0.29, 0.717) is 25.3 Å². The second kappa shape index (κ2) is 10.7. The molecule has 152 valence electrons. The van der Waals surface area contributed by atoms with E-state index in [4.69, 9.17) is 4.74 Å². The first kappa shape index (κ1) is 21.7. The van der Waals surface area contributed by atoms with Crippen LogP contribution in [0, 0.1) is 0 Å². The summed E-state index contributed by atoms with van der Waals surface area (Å²) < 4.78 is 7.18. The largest absolute Gasteiger partial charge is 0.383 e. The predicted octanol–water partition coefficient (Wildman–Crippen LogP) is 2.94. The zero-order valence-electron chi connectivity index (χ0n) is 17.3. The summed E-state index contributed by atoms with van der Waals surface area (Å²) in [6.07, 6.45) is 2.74. The number of nitrogens with zero attached hydrogens (tertiary/aromatic N) is 3. The van der Waals surface area contributed by atoms with E-state index >= 15 is 0 Å². The lowest BCUT2D eigenvalue weighted by Crippen LogP contribution is -2.47. The number of aryl methyl sites for hydroxylation is 1. The van der Waals surface area contributed by atoms with Crippen molar-refractivity contribution in [3.8, 4) is 0 Å². The fraction of sp³-hybridized carbons (Fsp3) is 0.455. The Balaban J connectivity index is 2.18. The molecular formula is C22H31N3O3. The standard InChI is InChI=1S/C22H31N3O3/c1-5-18(2)25(22(27)19-10-7-6-8-11-19)17-21(26)24(14-15-28-4)16-20-12-9-13-23(20)3/h6-13,18H,5,14-17H2,1-4H3. The van der Waals surface area contributed by atoms with Gasteiger partial charge in [0.1, 0.15) is 6.54 Å². The number of hydrogen-bond acceptors (Lipinski definition) is 3. The lowest BCUT2D eigenvalue weighted by molar-refractivity contribution is -0.133. The van der Waals surface area contributed by atoms with Gasteiger partial charge in [-0.1, -0.05) is 25.1 Å². The van der Waals surface area contributed by atoms with Crippen LogP contribution in [0.2, 0.25) is 0 Å². The van der Waals surface area contributed by atoms with Crippen LogP contribution in [0.25, 0.3) is 0 Å². The molecule has 1 aromatic carbocycles. The SMILES string of the molecule is CCC(C)N(CC(=O)N(CCOC)Cc1cccn1C)C(=O)c1ccccc1. The molecule has 6 heteroatoms. The highest BCUT2D eigenvalue weighted by atomic mass is 16.5. The van der Waals surface area contributed by atoms with Crippen LogP contribution in [0.4, 0.5) is 0 Å². The summed E-state index contributed by atoms with van der Waals surface area (Å²) in [5, 5.41) is 0. The molecule has 2 aromatic rings. The lowest BCUT2D eigenvalue weighted by atomic mass is 10.1. The van der Waals surface area contributed by atoms with Gasteiger partial charge < -0.3 is 19.1 Å². The number of hydrogen-bond donors (Lipinski definition) is 0. The molecule has 0 spiro atoms. The number of methoxy groups -OCH3 is 1. The quantitative estimate of drug-likeness (QED) is 0.632. The maximum atomic E-state index is 13.1. The minimum atomic E-state index is -0.117. The highest BCUT2D eigenvalue weighted by molar-refractivity contribution is 5.96. The minimum Gasteiger partial charge on any atom is -0.383 e. The first-order valence-electron chi connectivity index (χ1n) is 9.70. The topological polar surface area (TPSA) is 54.8 Å². The summed E-state index contributed by atoms with van der Waals surface area (Å²) >= 11 is 0. The molecule has 1 aromatic heterocycles. The smallest absolute Gasteiger partial charge is 0.254 e. The second-order valence-electron chi connectivity index (χ2n) is 6.97. The van der Waals surface area contributed by atoms with Crippen LogP contribution >= 0.6 is 0 Å². The van der Waals surface area contributed by atoms with E-state index in [1.807, 2.05) is 62.0 Å². The Bertz CT molecular complexity index is 757.